The molecule has 0 aliphatic carbocycles. The highest BCUT2D eigenvalue weighted by atomic mass is 35.5. The van der Waals surface area contributed by atoms with Crippen LogP contribution in [-0.2, 0) is 4.74 Å². The van der Waals surface area contributed by atoms with Gasteiger partial charge in [0.05, 0.1) is 22.7 Å². The number of carbonyl (C=O) groups is 1. The molecule has 0 saturated carbocycles. The number of hydrogen-bond donors (Lipinski definition) is 2. The first-order valence-electron chi connectivity index (χ1n) is 11.0. The Kier molecular flexibility index (Phi) is 7.65. The largest absolute Gasteiger partial charge is 0.455 e. The lowest BCUT2D eigenvalue weighted by atomic mass is 10.0. The second kappa shape index (κ2) is 10.3. The average molecular weight is 497 g/mol. The molecule has 184 valence electrons. The predicted octanol–water partition coefficient (Wildman–Crippen LogP) is 5.28. The molecule has 2 heterocycles. The molecule has 1 aromatic carbocycles. The van der Waals surface area contributed by atoms with Gasteiger partial charge in [0.2, 0.25) is 0 Å². The zero-order valence-electron chi connectivity index (χ0n) is 20.6. The fourth-order valence-electron chi connectivity index (χ4n) is 3.57. The van der Waals surface area contributed by atoms with E-state index in [9.17, 15) is 9.59 Å². The fourth-order valence-corrected chi connectivity index (χ4v) is 3.72. The van der Waals surface area contributed by atoms with Crippen LogP contribution in [0.15, 0.2) is 50.7 Å². The van der Waals surface area contributed by atoms with Crippen molar-refractivity contribution in [2.24, 2.45) is 10.7 Å². The number of allylic oxidation sites excluding steroid dienone is 1. The Morgan fingerprint density at radius 1 is 1.29 bits per heavy atom. The minimum atomic E-state index is -0.702. The number of esters is 1. The number of benzene rings is 1. The number of nitrogens with zero attached hydrogens (tertiary/aromatic N) is 2. The molecule has 2 aromatic heterocycles. The van der Waals surface area contributed by atoms with Gasteiger partial charge in [-0.25, -0.2) is 9.78 Å². The molecule has 3 N–H and O–H groups in total. The fraction of sp³-hybridized carbons (Fsp3) is 0.308. The standard InChI is InChI=1S/C26H29ClN4O4/c1-14-9-17(24-18(10-14)20(32)11-21(34-24)16(12-28)13-29-6)15(2)30-19-7-8-22(27)31-23(19)25(33)35-26(3,4)5/h7-13,15,30H,28H2,1-6H3/b16-12+,29-13?. The monoisotopic (exact) mass is 496 g/mol. The van der Waals surface area contributed by atoms with Crippen molar-refractivity contribution in [2.75, 3.05) is 12.4 Å². The Balaban J connectivity index is 2.11. The summed E-state index contributed by atoms with van der Waals surface area (Å²) in [5.74, 6) is -0.301. The van der Waals surface area contributed by atoms with Gasteiger partial charge in [-0.15, -0.1) is 0 Å². The van der Waals surface area contributed by atoms with Crippen molar-refractivity contribution in [2.45, 2.75) is 46.3 Å². The second-order valence-electron chi connectivity index (χ2n) is 9.11. The average Bonchev–Trinajstić information content (AvgIpc) is 2.77. The summed E-state index contributed by atoms with van der Waals surface area (Å²) in [6.45, 7) is 9.11. The number of aromatic nitrogens is 1. The van der Waals surface area contributed by atoms with Crippen LogP contribution in [-0.4, -0.2) is 29.8 Å². The summed E-state index contributed by atoms with van der Waals surface area (Å²) in [6.07, 6.45) is 2.85. The van der Waals surface area contributed by atoms with Gasteiger partial charge in [-0.3, -0.25) is 9.79 Å². The van der Waals surface area contributed by atoms with Crippen LogP contribution in [0.25, 0.3) is 16.5 Å². The first-order chi connectivity index (χ1) is 16.4. The molecule has 8 nitrogen and oxygen atoms in total. The normalized spacial score (nSPS) is 13.3. The van der Waals surface area contributed by atoms with E-state index in [2.05, 4.69) is 15.3 Å². The highest BCUT2D eigenvalue weighted by molar-refractivity contribution is 6.29. The minimum Gasteiger partial charge on any atom is -0.455 e. The maximum Gasteiger partial charge on any atom is 0.359 e. The van der Waals surface area contributed by atoms with Crippen molar-refractivity contribution in [3.05, 3.63) is 74.5 Å². The van der Waals surface area contributed by atoms with Crippen molar-refractivity contribution >= 4 is 46.0 Å². The van der Waals surface area contributed by atoms with E-state index in [4.69, 9.17) is 26.5 Å². The number of fused-ring (bicyclic) bond motifs is 1. The topological polar surface area (TPSA) is 120 Å². The number of aryl methyl sites for hydroxylation is 1. The lowest BCUT2D eigenvalue weighted by Gasteiger charge is -2.22. The summed E-state index contributed by atoms with van der Waals surface area (Å²) in [7, 11) is 1.60. The summed E-state index contributed by atoms with van der Waals surface area (Å²) in [5.41, 5.74) is 7.79. The quantitative estimate of drug-likeness (QED) is 0.270. The van der Waals surface area contributed by atoms with Crippen LogP contribution in [0.4, 0.5) is 5.69 Å². The molecule has 0 aliphatic heterocycles. The van der Waals surface area contributed by atoms with Crippen LogP contribution in [0, 0.1) is 6.92 Å². The van der Waals surface area contributed by atoms with E-state index in [0.29, 0.717) is 33.6 Å². The molecular weight excluding hydrogens is 468 g/mol. The van der Waals surface area contributed by atoms with Crippen molar-refractivity contribution in [3.8, 4) is 0 Å². The van der Waals surface area contributed by atoms with Gasteiger partial charge >= 0.3 is 5.97 Å². The molecule has 0 aliphatic rings. The number of hydrogen-bond acceptors (Lipinski definition) is 8. The van der Waals surface area contributed by atoms with Crippen LogP contribution >= 0.6 is 11.6 Å². The smallest absolute Gasteiger partial charge is 0.359 e. The maximum atomic E-state index is 12.9. The highest BCUT2D eigenvalue weighted by Gasteiger charge is 2.24. The zero-order chi connectivity index (χ0) is 25.9. The van der Waals surface area contributed by atoms with E-state index in [1.165, 1.54) is 18.5 Å². The summed E-state index contributed by atoms with van der Waals surface area (Å²) < 4.78 is 11.6. The van der Waals surface area contributed by atoms with Gasteiger partial charge in [-0.05, 0) is 58.4 Å². The zero-order valence-corrected chi connectivity index (χ0v) is 21.4. The molecular formula is C26H29ClN4O4. The molecule has 0 amide bonds. The number of ether oxygens (including phenoxy) is 1. The summed E-state index contributed by atoms with van der Waals surface area (Å²) in [6, 6.07) is 7.95. The molecule has 3 aromatic rings. The molecule has 3 rings (SSSR count). The summed E-state index contributed by atoms with van der Waals surface area (Å²) >= 11 is 6.07. The summed E-state index contributed by atoms with van der Waals surface area (Å²) in [4.78, 5) is 33.9. The van der Waals surface area contributed by atoms with E-state index >= 15 is 0 Å². The number of carbonyl (C=O) groups excluding carboxylic acids is 1. The third-order valence-corrected chi connectivity index (χ3v) is 5.24. The lowest BCUT2D eigenvalue weighted by Crippen LogP contribution is -2.25. The third kappa shape index (κ3) is 6.08. The van der Waals surface area contributed by atoms with Gasteiger partial charge in [0.15, 0.2) is 11.1 Å². The molecule has 0 bridgehead atoms. The Morgan fingerprint density at radius 2 is 2.00 bits per heavy atom. The number of nitrogens with two attached hydrogens (primary N) is 1. The molecule has 0 fully saturated rings. The van der Waals surface area contributed by atoms with Crippen LogP contribution < -0.4 is 16.5 Å². The second-order valence-corrected chi connectivity index (χ2v) is 9.50. The van der Waals surface area contributed by atoms with Gasteiger partial charge in [0, 0.05) is 31.1 Å². The SMILES string of the molecule is CN=C/C(=C\N)c1cc(=O)c2cc(C)cc(C(C)Nc3ccc(Cl)nc3C(=O)OC(C)(C)C)c2o1. The van der Waals surface area contributed by atoms with E-state index < -0.39 is 11.6 Å². The minimum absolute atomic E-state index is 0.0610. The molecule has 1 atom stereocenters. The van der Waals surface area contributed by atoms with Crippen molar-refractivity contribution < 1.29 is 13.9 Å². The number of halogens is 1. The van der Waals surface area contributed by atoms with Crippen LogP contribution in [0.5, 0.6) is 0 Å². The Morgan fingerprint density at radius 3 is 2.63 bits per heavy atom. The van der Waals surface area contributed by atoms with Crippen molar-refractivity contribution in [1.82, 2.24) is 4.98 Å². The molecule has 0 saturated heterocycles. The van der Waals surface area contributed by atoms with Crippen LogP contribution in [0.2, 0.25) is 5.15 Å². The van der Waals surface area contributed by atoms with Crippen molar-refractivity contribution in [1.29, 1.82) is 0 Å². The van der Waals surface area contributed by atoms with Gasteiger partial charge in [0.25, 0.3) is 0 Å². The molecule has 9 heteroatoms. The van der Waals surface area contributed by atoms with Gasteiger partial charge in [0.1, 0.15) is 22.1 Å². The number of nitrogens with one attached hydrogen (secondary N) is 1. The van der Waals surface area contributed by atoms with E-state index in [-0.39, 0.29) is 22.3 Å². The highest BCUT2D eigenvalue weighted by Crippen LogP contribution is 2.30. The Hall–Kier alpha value is -3.65. The molecule has 35 heavy (non-hydrogen) atoms. The number of aliphatic imine (C=N–C) groups is 1. The summed E-state index contributed by atoms with van der Waals surface area (Å²) in [5, 5.41) is 3.90. The van der Waals surface area contributed by atoms with E-state index in [1.54, 1.807) is 46.0 Å². The van der Waals surface area contributed by atoms with E-state index in [0.717, 1.165) is 5.56 Å². The predicted molar refractivity (Wildman–Crippen MR) is 140 cm³/mol. The van der Waals surface area contributed by atoms with E-state index in [1.807, 2.05) is 19.9 Å². The Labute approximate surface area is 208 Å². The molecule has 0 radical (unpaired) electrons. The van der Waals surface area contributed by atoms with Gasteiger partial charge < -0.3 is 20.2 Å². The first kappa shape index (κ1) is 26.0. The lowest BCUT2D eigenvalue weighted by molar-refractivity contribution is 0.00640. The number of pyridine rings is 1. The first-order valence-corrected chi connectivity index (χ1v) is 11.4. The molecule has 0 spiro atoms. The number of anilines is 1. The number of rotatable bonds is 6. The third-order valence-electron chi connectivity index (χ3n) is 5.03. The molecule has 1 unspecified atom stereocenters. The Bertz CT molecular complexity index is 1390. The van der Waals surface area contributed by atoms with Crippen LogP contribution in [0.1, 0.15) is 61.1 Å². The maximum absolute atomic E-state index is 12.9. The van der Waals surface area contributed by atoms with Gasteiger partial charge in [-0.1, -0.05) is 17.7 Å². The van der Waals surface area contributed by atoms with Crippen LogP contribution in [0.3, 0.4) is 0 Å². The van der Waals surface area contributed by atoms with Gasteiger partial charge in [-0.2, -0.15) is 0 Å². The van der Waals surface area contributed by atoms with Crippen molar-refractivity contribution in [3.63, 3.8) is 0 Å².